The molecule has 1 saturated heterocycles. The van der Waals surface area contributed by atoms with E-state index in [4.69, 9.17) is 4.74 Å². The number of aryl methyl sites for hydroxylation is 3. The van der Waals surface area contributed by atoms with Crippen LogP contribution in [0.1, 0.15) is 23.2 Å². The van der Waals surface area contributed by atoms with Crippen LogP contribution < -0.4 is 9.64 Å². The van der Waals surface area contributed by atoms with Crippen LogP contribution in [-0.2, 0) is 11.8 Å². The summed E-state index contributed by atoms with van der Waals surface area (Å²) >= 11 is 0. The first-order valence-corrected chi connectivity index (χ1v) is 10.3. The molecule has 4 heterocycles. The monoisotopic (exact) mass is 419 g/mol. The second-order valence-electron chi connectivity index (χ2n) is 7.70. The fourth-order valence-corrected chi connectivity index (χ4v) is 3.99. The van der Waals surface area contributed by atoms with E-state index in [-0.39, 0.29) is 12.5 Å². The van der Waals surface area contributed by atoms with Crippen molar-refractivity contribution in [2.45, 2.75) is 20.3 Å². The first-order chi connectivity index (χ1) is 15.0. The van der Waals surface area contributed by atoms with Crippen LogP contribution in [0.5, 0.6) is 5.88 Å². The summed E-state index contributed by atoms with van der Waals surface area (Å²) in [5.74, 6) is 1.02. The average molecular weight is 419 g/mol. The number of hydrogen-bond acceptors (Lipinski definition) is 7. The maximum absolute atomic E-state index is 12.8. The number of nitriles is 1. The molecule has 0 spiro atoms. The van der Waals surface area contributed by atoms with Crippen molar-refractivity contribution >= 4 is 22.8 Å². The minimum atomic E-state index is -0.0834. The summed E-state index contributed by atoms with van der Waals surface area (Å²) in [7, 11) is 1.82. The van der Waals surface area contributed by atoms with Gasteiger partial charge in [-0.25, -0.2) is 14.6 Å². The molecule has 0 saturated carbocycles. The minimum Gasteiger partial charge on any atom is -0.466 e. The van der Waals surface area contributed by atoms with Crippen LogP contribution >= 0.6 is 0 Å². The van der Waals surface area contributed by atoms with Crippen molar-refractivity contribution in [3.63, 3.8) is 0 Å². The van der Waals surface area contributed by atoms with E-state index in [9.17, 15) is 10.1 Å². The number of ether oxygens (including phenoxy) is 1. The van der Waals surface area contributed by atoms with Gasteiger partial charge in [0.15, 0.2) is 12.3 Å². The Kier molecular flexibility index (Phi) is 5.71. The van der Waals surface area contributed by atoms with Gasteiger partial charge in [0.05, 0.1) is 10.9 Å². The van der Waals surface area contributed by atoms with Gasteiger partial charge in [-0.1, -0.05) is 0 Å². The average Bonchev–Trinajstić information content (AvgIpc) is 2.93. The van der Waals surface area contributed by atoms with Gasteiger partial charge in [-0.2, -0.15) is 5.26 Å². The molecule has 1 amide bonds. The van der Waals surface area contributed by atoms with Crippen LogP contribution in [0.2, 0.25) is 0 Å². The standard InChI is InChI=1S/C22H25N7O2/c1-15-12-16(2)25-21-19(15)22(26-27(21)3)31-14-18(30)28-8-5-9-29(11-10-28)20-17(13-23)6-4-7-24-20/h4,6-7,12H,5,8-11,14H2,1-3H3. The molecule has 160 valence electrons. The Hall–Kier alpha value is -3.67. The quantitative estimate of drug-likeness (QED) is 0.637. The molecule has 0 aliphatic carbocycles. The Bertz CT molecular complexity index is 1160. The molecule has 9 nitrogen and oxygen atoms in total. The van der Waals surface area contributed by atoms with Gasteiger partial charge >= 0.3 is 0 Å². The lowest BCUT2D eigenvalue weighted by molar-refractivity contribution is -0.133. The summed E-state index contributed by atoms with van der Waals surface area (Å²) in [5, 5.41) is 14.6. The topological polar surface area (TPSA) is 100 Å². The number of nitrogens with zero attached hydrogens (tertiary/aromatic N) is 7. The predicted octanol–water partition coefficient (Wildman–Crippen LogP) is 1.97. The van der Waals surface area contributed by atoms with Gasteiger partial charge in [0.2, 0.25) is 5.88 Å². The largest absolute Gasteiger partial charge is 0.466 e. The molecular formula is C22H25N7O2. The summed E-state index contributed by atoms with van der Waals surface area (Å²) in [6.07, 6.45) is 2.48. The number of carbonyl (C=O) groups is 1. The number of aromatic nitrogens is 4. The van der Waals surface area contributed by atoms with E-state index < -0.39 is 0 Å². The lowest BCUT2D eigenvalue weighted by atomic mass is 10.2. The summed E-state index contributed by atoms with van der Waals surface area (Å²) < 4.78 is 7.51. The second-order valence-corrected chi connectivity index (χ2v) is 7.70. The van der Waals surface area contributed by atoms with Gasteiger partial charge in [0.25, 0.3) is 5.91 Å². The third-order valence-corrected chi connectivity index (χ3v) is 5.47. The lowest BCUT2D eigenvalue weighted by Gasteiger charge is -2.23. The van der Waals surface area contributed by atoms with E-state index in [1.54, 1.807) is 27.9 Å². The Morgan fingerprint density at radius 1 is 1.26 bits per heavy atom. The van der Waals surface area contributed by atoms with Gasteiger partial charge in [-0.15, -0.1) is 5.10 Å². The van der Waals surface area contributed by atoms with E-state index in [1.165, 1.54) is 0 Å². The molecule has 1 aliphatic rings. The number of anilines is 1. The van der Waals surface area contributed by atoms with Crippen molar-refractivity contribution in [2.24, 2.45) is 7.05 Å². The molecule has 3 aromatic rings. The first kappa shape index (κ1) is 20.6. The summed E-state index contributed by atoms with van der Waals surface area (Å²) in [6.45, 7) is 6.40. The molecule has 0 aromatic carbocycles. The number of rotatable bonds is 4. The molecule has 0 bridgehead atoms. The lowest BCUT2D eigenvalue weighted by Crippen LogP contribution is -2.38. The van der Waals surface area contributed by atoms with Gasteiger partial charge < -0.3 is 14.5 Å². The third-order valence-electron chi connectivity index (χ3n) is 5.47. The highest BCUT2D eigenvalue weighted by atomic mass is 16.5. The number of carbonyl (C=O) groups excluding carboxylic acids is 1. The third kappa shape index (κ3) is 4.14. The van der Waals surface area contributed by atoms with Gasteiger partial charge in [0.1, 0.15) is 11.9 Å². The van der Waals surface area contributed by atoms with Crippen LogP contribution in [0.3, 0.4) is 0 Å². The molecule has 3 aromatic heterocycles. The number of fused-ring (bicyclic) bond motifs is 1. The van der Waals surface area contributed by atoms with Gasteiger partial charge in [-0.05, 0) is 44.0 Å². The summed E-state index contributed by atoms with van der Waals surface area (Å²) in [6, 6.07) is 7.69. The van der Waals surface area contributed by atoms with E-state index in [0.29, 0.717) is 36.9 Å². The van der Waals surface area contributed by atoms with Crippen LogP contribution in [0.25, 0.3) is 11.0 Å². The van der Waals surface area contributed by atoms with E-state index in [1.807, 2.05) is 27.0 Å². The highest BCUT2D eigenvalue weighted by molar-refractivity contribution is 5.85. The Labute approximate surface area is 180 Å². The maximum Gasteiger partial charge on any atom is 0.260 e. The van der Waals surface area contributed by atoms with Crippen molar-refractivity contribution in [3.05, 3.63) is 41.2 Å². The van der Waals surface area contributed by atoms with Crippen molar-refractivity contribution in [2.75, 3.05) is 37.7 Å². The van der Waals surface area contributed by atoms with Crippen molar-refractivity contribution in [1.82, 2.24) is 24.6 Å². The summed E-state index contributed by atoms with van der Waals surface area (Å²) in [4.78, 5) is 25.6. The normalized spacial score (nSPS) is 14.4. The Morgan fingerprint density at radius 2 is 2.10 bits per heavy atom. The van der Waals surface area contributed by atoms with E-state index in [0.717, 1.165) is 35.3 Å². The molecule has 4 rings (SSSR count). The smallest absolute Gasteiger partial charge is 0.260 e. The molecular weight excluding hydrogens is 394 g/mol. The highest BCUT2D eigenvalue weighted by Gasteiger charge is 2.23. The molecule has 31 heavy (non-hydrogen) atoms. The SMILES string of the molecule is Cc1cc(C)c2c(OCC(=O)N3CCCN(c4ncccc4C#N)CC3)nn(C)c2n1. The Balaban J connectivity index is 1.42. The van der Waals surface area contributed by atoms with Crippen LogP contribution in [0.4, 0.5) is 5.82 Å². The molecule has 0 N–H and O–H groups in total. The zero-order chi connectivity index (χ0) is 22.0. The molecule has 0 unspecified atom stereocenters. The zero-order valence-electron chi connectivity index (χ0n) is 18.0. The van der Waals surface area contributed by atoms with Crippen molar-refractivity contribution < 1.29 is 9.53 Å². The van der Waals surface area contributed by atoms with Gasteiger partial charge in [0, 0.05) is 45.1 Å². The fraction of sp³-hybridized carbons (Fsp3) is 0.409. The van der Waals surface area contributed by atoms with Crippen LogP contribution in [-0.4, -0.2) is 63.3 Å². The molecule has 1 aliphatic heterocycles. The number of pyridine rings is 2. The molecule has 9 heteroatoms. The first-order valence-electron chi connectivity index (χ1n) is 10.3. The predicted molar refractivity (Wildman–Crippen MR) is 116 cm³/mol. The minimum absolute atomic E-state index is 0.0769. The number of amides is 1. The number of hydrogen-bond donors (Lipinski definition) is 0. The fourth-order valence-electron chi connectivity index (χ4n) is 3.99. The highest BCUT2D eigenvalue weighted by Crippen LogP contribution is 2.27. The molecule has 1 fully saturated rings. The van der Waals surface area contributed by atoms with Crippen LogP contribution in [0.15, 0.2) is 24.4 Å². The van der Waals surface area contributed by atoms with Crippen LogP contribution in [0, 0.1) is 25.2 Å². The molecule has 0 radical (unpaired) electrons. The Morgan fingerprint density at radius 3 is 2.90 bits per heavy atom. The second kappa shape index (κ2) is 8.60. The van der Waals surface area contributed by atoms with E-state index >= 15 is 0 Å². The van der Waals surface area contributed by atoms with E-state index in [2.05, 4.69) is 26.0 Å². The zero-order valence-corrected chi connectivity index (χ0v) is 18.0. The van der Waals surface area contributed by atoms with Crippen molar-refractivity contribution in [1.29, 1.82) is 5.26 Å². The molecule has 0 atom stereocenters. The maximum atomic E-state index is 12.8. The summed E-state index contributed by atoms with van der Waals surface area (Å²) in [5.41, 5.74) is 3.23. The van der Waals surface area contributed by atoms with Gasteiger partial charge in [-0.3, -0.25) is 4.79 Å². The van der Waals surface area contributed by atoms with Crippen molar-refractivity contribution in [3.8, 4) is 11.9 Å².